The van der Waals surface area contributed by atoms with E-state index in [9.17, 15) is 0 Å². The van der Waals surface area contributed by atoms with E-state index in [1.165, 1.54) is 57.3 Å². The van der Waals surface area contributed by atoms with Gasteiger partial charge in [0.2, 0.25) is 0 Å². The highest BCUT2D eigenvalue weighted by molar-refractivity contribution is 5.26. The first-order valence-electron chi connectivity index (χ1n) is 8.37. The van der Waals surface area contributed by atoms with Crippen LogP contribution in [-0.2, 0) is 0 Å². The lowest BCUT2D eigenvalue weighted by molar-refractivity contribution is 0.232. The van der Waals surface area contributed by atoms with E-state index < -0.39 is 0 Å². The van der Waals surface area contributed by atoms with E-state index >= 15 is 0 Å². The Balaban J connectivity index is 2.56. The van der Waals surface area contributed by atoms with Gasteiger partial charge < -0.3 is 4.90 Å². The molecule has 1 aliphatic rings. The number of rotatable bonds is 10. The van der Waals surface area contributed by atoms with Crippen molar-refractivity contribution >= 4 is 0 Å². The van der Waals surface area contributed by atoms with Gasteiger partial charge in [0.1, 0.15) is 0 Å². The number of allylic oxidation sites excluding steroid dienone is 5. The van der Waals surface area contributed by atoms with Crippen molar-refractivity contribution in [1.82, 2.24) is 4.90 Å². The van der Waals surface area contributed by atoms with Gasteiger partial charge in [0.05, 0.1) is 0 Å². The molecule has 0 saturated carbocycles. The molecule has 0 aromatic rings. The van der Waals surface area contributed by atoms with Gasteiger partial charge in [0.25, 0.3) is 0 Å². The Labute approximate surface area is 126 Å². The zero-order valence-electron chi connectivity index (χ0n) is 13.8. The van der Waals surface area contributed by atoms with E-state index in [1.54, 1.807) is 0 Å². The summed E-state index contributed by atoms with van der Waals surface area (Å²) >= 11 is 0. The van der Waals surface area contributed by atoms with Crippen LogP contribution in [0.15, 0.2) is 36.5 Å². The fourth-order valence-corrected chi connectivity index (χ4v) is 2.84. The summed E-state index contributed by atoms with van der Waals surface area (Å²) in [7, 11) is 0. The van der Waals surface area contributed by atoms with Crippen LogP contribution in [0, 0.1) is 5.41 Å². The monoisotopic (exact) mass is 275 g/mol. The van der Waals surface area contributed by atoms with Crippen LogP contribution in [-0.4, -0.2) is 24.5 Å². The van der Waals surface area contributed by atoms with Crippen molar-refractivity contribution < 1.29 is 0 Å². The Kier molecular flexibility index (Phi) is 7.91. The Morgan fingerprint density at radius 1 is 1.10 bits per heavy atom. The second-order valence-electron chi connectivity index (χ2n) is 6.23. The highest BCUT2D eigenvalue weighted by atomic mass is 15.1. The molecule has 0 aliphatic heterocycles. The van der Waals surface area contributed by atoms with Gasteiger partial charge in [-0.25, -0.2) is 0 Å². The lowest BCUT2D eigenvalue weighted by atomic mass is 9.73. The standard InChI is InChI=1S/C19H33N/c1-5-7-15-20(16-8-6-2)17-14-19(18(3)4)12-10-9-11-13-19/h9-12H,3,5-8,13-17H2,1-2,4H3. The van der Waals surface area contributed by atoms with E-state index in [0.29, 0.717) is 0 Å². The molecule has 1 rings (SSSR count). The molecule has 20 heavy (non-hydrogen) atoms. The fourth-order valence-electron chi connectivity index (χ4n) is 2.84. The van der Waals surface area contributed by atoms with Crippen molar-refractivity contribution in [2.75, 3.05) is 19.6 Å². The minimum atomic E-state index is 0.200. The highest BCUT2D eigenvalue weighted by Gasteiger charge is 2.28. The van der Waals surface area contributed by atoms with E-state index in [4.69, 9.17) is 0 Å². The summed E-state index contributed by atoms with van der Waals surface area (Å²) in [6, 6.07) is 0. The Hall–Kier alpha value is -0.820. The molecular weight excluding hydrogens is 242 g/mol. The maximum Gasteiger partial charge on any atom is 0.0135 e. The molecule has 0 fully saturated rings. The maximum atomic E-state index is 4.25. The van der Waals surface area contributed by atoms with Crippen LogP contribution in [0.2, 0.25) is 0 Å². The summed E-state index contributed by atoms with van der Waals surface area (Å²) in [4.78, 5) is 2.66. The quantitative estimate of drug-likeness (QED) is 0.485. The van der Waals surface area contributed by atoms with Gasteiger partial charge >= 0.3 is 0 Å². The molecule has 1 unspecified atom stereocenters. The van der Waals surface area contributed by atoms with E-state index in [1.807, 2.05) is 0 Å². The molecule has 0 aromatic carbocycles. The molecule has 1 atom stereocenters. The van der Waals surface area contributed by atoms with Crippen LogP contribution in [0.25, 0.3) is 0 Å². The summed E-state index contributed by atoms with van der Waals surface area (Å²) in [6.07, 6.45) is 16.6. The lowest BCUT2D eigenvalue weighted by Crippen LogP contribution is -2.32. The lowest BCUT2D eigenvalue weighted by Gasteiger charge is -2.34. The molecule has 1 heteroatoms. The van der Waals surface area contributed by atoms with Gasteiger partial charge in [-0.05, 0) is 52.2 Å². The maximum absolute atomic E-state index is 4.25. The molecule has 114 valence electrons. The molecule has 0 N–H and O–H groups in total. The van der Waals surface area contributed by atoms with Crippen molar-refractivity contribution in [3.8, 4) is 0 Å². The molecule has 0 saturated heterocycles. The van der Waals surface area contributed by atoms with Gasteiger partial charge in [-0.3, -0.25) is 0 Å². The Morgan fingerprint density at radius 2 is 1.75 bits per heavy atom. The fraction of sp³-hybridized carbons (Fsp3) is 0.684. The smallest absolute Gasteiger partial charge is 0.0135 e. The van der Waals surface area contributed by atoms with E-state index in [2.05, 4.69) is 56.6 Å². The first-order valence-corrected chi connectivity index (χ1v) is 8.37. The molecule has 0 radical (unpaired) electrons. The van der Waals surface area contributed by atoms with E-state index in [-0.39, 0.29) is 5.41 Å². The summed E-state index contributed by atoms with van der Waals surface area (Å²) in [5.74, 6) is 0. The molecule has 0 heterocycles. The van der Waals surface area contributed by atoms with Gasteiger partial charge in [-0.2, -0.15) is 0 Å². The molecule has 0 bridgehead atoms. The van der Waals surface area contributed by atoms with Crippen LogP contribution in [0.5, 0.6) is 0 Å². The second kappa shape index (κ2) is 9.18. The average Bonchev–Trinajstić information content (AvgIpc) is 2.47. The molecule has 0 aromatic heterocycles. The van der Waals surface area contributed by atoms with Gasteiger partial charge in [-0.1, -0.05) is 63.1 Å². The second-order valence-corrected chi connectivity index (χ2v) is 6.23. The van der Waals surface area contributed by atoms with Gasteiger partial charge in [-0.15, -0.1) is 0 Å². The highest BCUT2D eigenvalue weighted by Crippen LogP contribution is 2.38. The first kappa shape index (κ1) is 17.2. The van der Waals surface area contributed by atoms with Crippen molar-refractivity contribution in [3.05, 3.63) is 36.5 Å². The third kappa shape index (κ3) is 5.28. The summed E-state index contributed by atoms with van der Waals surface area (Å²) < 4.78 is 0. The SMILES string of the molecule is C=C(C)C1(CCN(CCCC)CCCC)C=CC=CC1. The predicted molar refractivity (Wildman–Crippen MR) is 91.0 cm³/mol. The van der Waals surface area contributed by atoms with Gasteiger partial charge in [0, 0.05) is 5.41 Å². The third-order valence-electron chi connectivity index (χ3n) is 4.52. The van der Waals surface area contributed by atoms with Crippen molar-refractivity contribution in [2.45, 2.75) is 59.3 Å². The van der Waals surface area contributed by atoms with Crippen LogP contribution >= 0.6 is 0 Å². The molecular formula is C19H33N. The number of unbranched alkanes of at least 4 members (excludes halogenated alkanes) is 2. The minimum Gasteiger partial charge on any atom is -0.303 e. The largest absolute Gasteiger partial charge is 0.303 e. The number of nitrogens with zero attached hydrogens (tertiary/aromatic N) is 1. The molecule has 0 amide bonds. The summed E-state index contributed by atoms with van der Waals surface area (Å²) in [5, 5.41) is 0. The van der Waals surface area contributed by atoms with Gasteiger partial charge in [0.15, 0.2) is 0 Å². The number of hydrogen-bond donors (Lipinski definition) is 0. The zero-order valence-corrected chi connectivity index (χ0v) is 13.8. The first-order chi connectivity index (χ1) is 9.64. The van der Waals surface area contributed by atoms with Crippen LogP contribution in [0.3, 0.4) is 0 Å². The third-order valence-corrected chi connectivity index (χ3v) is 4.52. The Bertz CT molecular complexity index is 332. The van der Waals surface area contributed by atoms with E-state index in [0.717, 1.165) is 6.42 Å². The summed E-state index contributed by atoms with van der Waals surface area (Å²) in [5.41, 5.74) is 1.51. The van der Waals surface area contributed by atoms with Crippen molar-refractivity contribution in [3.63, 3.8) is 0 Å². The topological polar surface area (TPSA) is 3.24 Å². The normalized spacial score (nSPS) is 21.6. The molecule has 1 aliphatic carbocycles. The van der Waals surface area contributed by atoms with Crippen LogP contribution in [0.1, 0.15) is 59.3 Å². The average molecular weight is 275 g/mol. The molecule has 0 spiro atoms. The molecule has 1 nitrogen and oxygen atoms in total. The zero-order chi connectivity index (χ0) is 14.8. The van der Waals surface area contributed by atoms with Crippen LogP contribution in [0.4, 0.5) is 0 Å². The van der Waals surface area contributed by atoms with Crippen molar-refractivity contribution in [2.24, 2.45) is 5.41 Å². The Morgan fingerprint density at radius 3 is 2.20 bits per heavy atom. The minimum absolute atomic E-state index is 0.200. The summed E-state index contributed by atoms with van der Waals surface area (Å²) in [6.45, 7) is 14.7. The predicted octanol–water partition coefficient (Wildman–Crippen LogP) is 5.36. The van der Waals surface area contributed by atoms with Crippen LogP contribution < -0.4 is 0 Å². The van der Waals surface area contributed by atoms with Crippen molar-refractivity contribution in [1.29, 1.82) is 0 Å². The number of hydrogen-bond acceptors (Lipinski definition) is 1.